The summed E-state index contributed by atoms with van der Waals surface area (Å²) in [5, 5.41) is 0. The fraction of sp³-hybridized carbons (Fsp3) is 0.391. The first-order valence-electron chi connectivity index (χ1n) is 9.79. The van der Waals surface area contributed by atoms with Crippen LogP contribution < -0.4 is 0 Å². The zero-order chi connectivity index (χ0) is 19.4. The van der Waals surface area contributed by atoms with Crippen molar-refractivity contribution in [1.82, 2.24) is 14.5 Å². The van der Waals surface area contributed by atoms with E-state index < -0.39 is 0 Å². The zero-order valence-electron chi connectivity index (χ0n) is 16.8. The molecule has 0 aliphatic heterocycles. The summed E-state index contributed by atoms with van der Waals surface area (Å²) in [4.78, 5) is 20.0. The largest absolute Gasteiger partial charge is 0.331 e. The van der Waals surface area contributed by atoms with E-state index in [9.17, 15) is 4.79 Å². The third kappa shape index (κ3) is 4.38. The van der Waals surface area contributed by atoms with E-state index in [0.717, 1.165) is 41.0 Å². The van der Waals surface area contributed by atoms with Crippen LogP contribution in [0.2, 0.25) is 0 Å². The second-order valence-corrected chi connectivity index (χ2v) is 7.62. The number of amides is 1. The van der Waals surface area contributed by atoms with Gasteiger partial charge in [0.25, 0.3) is 5.91 Å². The van der Waals surface area contributed by atoms with Crippen LogP contribution in [0.4, 0.5) is 0 Å². The molecule has 3 rings (SSSR count). The van der Waals surface area contributed by atoms with E-state index in [1.54, 1.807) is 0 Å². The summed E-state index contributed by atoms with van der Waals surface area (Å²) in [7, 11) is 0. The van der Waals surface area contributed by atoms with E-state index in [1.807, 2.05) is 54.3 Å². The van der Waals surface area contributed by atoms with Gasteiger partial charge in [-0.05, 0) is 43.5 Å². The maximum Gasteiger partial charge on any atom is 0.254 e. The van der Waals surface area contributed by atoms with Crippen molar-refractivity contribution < 1.29 is 4.79 Å². The number of hydrogen-bond donors (Lipinski definition) is 0. The summed E-state index contributed by atoms with van der Waals surface area (Å²) in [5.74, 6) is 1.42. The van der Waals surface area contributed by atoms with Gasteiger partial charge in [0.05, 0.1) is 17.6 Å². The van der Waals surface area contributed by atoms with Gasteiger partial charge < -0.3 is 9.47 Å². The van der Waals surface area contributed by atoms with Crippen molar-refractivity contribution in [2.45, 2.75) is 47.2 Å². The van der Waals surface area contributed by atoms with Crippen molar-refractivity contribution in [3.63, 3.8) is 0 Å². The molecule has 0 N–H and O–H groups in total. The smallest absolute Gasteiger partial charge is 0.254 e. The Morgan fingerprint density at radius 1 is 1.15 bits per heavy atom. The number of para-hydroxylation sites is 2. The molecule has 0 fully saturated rings. The van der Waals surface area contributed by atoms with E-state index >= 15 is 0 Å². The van der Waals surface area contributed by atoms with Crippen LogP contribution in [0, 0.1) is 12.8 Å². The number of aryl methyl sites for hydroxylation is 2. The molecule has 0 atom stereocenters. The third-order valence-corrected chi connectivity index (χ3v) is 4.65. The molecule has 3 aromatic rings. The van der Waals surface area contributed by atoms with Crippen LogP contribution in [0.3, 0.4) is 0 Å². The minimum absolute atomic E-state index is 0.0718. The molecule has 0 aliphatic carbocycles. The molecule has 0 saturated carbocycles. The highest BCUT2D eigenvalue weighted by atomic mass is 16.2. The van der Waals surface area contributed by atoms with Crippen LogP contribution in [0.15, 0.2) is 48.5 Å². The minimum Gasteiger partial charge on any atom is -0.331 e. The molecule has 0 radical (unpaired) electrons. The molecule has 27 heavy (non-hydrogen) atoms. The molecule has 1 amide bonds. The quantitative estimate of drug-likeness (QED) is 0.589. The number of rotatable bonds is 7. The first-order valence-corrected chi connectivity index (χ1v) is 9.79. The number of carbonyl (C=O) groups excluding carboxylic acids is 1. The average Bonchev–Trinajstić information content (AvgIpc) is 2.98. The Balaban J connectivity index is 1.96. The zero-order valence-corrected chi connectivity index (χ0v) is 16.8. The maximum atomic E-state index is 13.2. The number of benzene rings is 2. The Labute approximate surface area is 161 Å². The molecule has 0 saturated heterocycles. The van der Waals surface area contributed by atoms with Crippen LogP contribution in [-0.2, 0) is 13.1 Å². The lowest BCUT2D eigenvalue weighted by atomic mass is 10.1. The average molecular weight is 364 g/mol. The van der Waals surface area contributed by atoms with Crippen molar-refractivity contribution in [1.29, 1.82) is 0 Å². The molecule has 1 aromatic heterocycles. The van der Waals surface area contributed by atoms with Crippen LogP contribution in [-0.4, -0.2) is 26.9 Å². The minimum atomic E-state index is 0.0718. The topological polar surface area (TPSA) is 38.1 Å². The highest BCUT2D eigenvalue weighted by Crippen LogP contribution is 2.20. The van der Waals surface area contributed by atoms with Crippen LogP contribution in [0.1, 0.15) is 48.9 Å². The molecule has 0 unspecified atom stereocenters. The molecule has 0 aliphatic rings. The summed E-state index contributed by atoms with van der Waals surface area (Å²) in [6.45, 7) is 10.6. The number of carbonyl (C=O) groups is 1. The summed E-state index contributed by atoms with van der Waals surface area (Å²) in [5.41, 5.74) is 3.98. The summed E-state index contributed by atoms with van der Waals surface area (Å²) >= 11 is 0. The highest BCUT2D eigenvalue weighted by molar-refractivity contribution is 5.94. The summed E-state index contributed by atoms with van der Waals surface area (Å²) < 4.78 is 2.26. The van der Waals surface area contributed by atoms with E-state index in [1.165, 1.54) is 0 Å². The fourth-order valence-electron chi connectivity index (χ4n) is 3.51. The lowest BCUT2D eigenvalue weighted by Gasteiger charge is -2.25. The van der Waals surface area contributed by atoms with Crippen LogP contribution in [0.25, 0.3) is 11.0 Å². The van der Waals surface area contributed by atoms with Gasteiger partial charge in [-0.2, -0.15) is 0 Å². The Kier molecular flexibility index (Phi) is 5.94. The fourth-order valence-corrected chi connectivity index (χ4v) is 3.51. The van der Waals surface area contributed by atoms with Gasteiger partial charge in [-0.15, -0.1) is 0 Å². The normalized spacial score (nSPS) is 11.3. The Bertz CT molecular complexity index is 926. The van der Waals surface area contributed by atoms with Crippen molar-refractivity contribution >= 4 is 16.9 Å². The summed E-state index contributed by atoms with van der Waals surface area (Å²) in [6, 6.07) is 16.0. The molecule has 0 spiro atoms. The van der Waals surface area contributed by atoms with Gasteiger partial charge in [-0.25, -0.2) is 4.98 Å². The second kappa shape index (κ2) is 8.38. The molecule has 4 nitrogen and oxygen atoms in total. The Morgan fingerprint density at radius 3 is 2.63 bits per heavy atom. The second-order valence-electron chi connectivity index (χ2n) is 7.62. The van der Waals surface area contributed by atoms with Crippen LogP contribution in [0.5, 0.6) is 0 Å². The predicted molar refractivity (Wildman–Crippen MR) is 111 cm³/mol. The molecule has 142 valence electrons. The molecular weight excluding hydrogens is 334 g/mol. The van der Waals surface area contributed by atoms with Gasteiger partial charge in [-0.3, -0.25) is 4.79 Å². The van der Waals surface area contributed by atoms with Gasteiger partial charge >= 0.3 is 0 Å². The lowest BCUT2D eigenvalue weighted by molar-refractivity contribution is 0.0716. The number of aromatic nitrogens is 2. The molecular formula is C23H29N3O. The van der Waals surface area contributed by atoms with Gasteiger partial charge in [-0.1, -0.05) is 50.6 Å². The lowest BCUT2D eigenvalue weighted by Crippen LogP contribution is -2.34. The monoisotopic (exact) mass is 363 g/mol. The van der Waals surface area contributed by atoms with Crippen molar-refractivity contribution in [3.05, 3.63) is 65.5 Å². The summed E-state index contributed by atoms with van der Waals surface area (Å²) in [6.07, 6.45) is 1.03. The van der Waals surface area contributed by atoms with E-state index in [2.05, 4.69) is 31.4 Å². The maximum absolute atomic E-state index is 13.2. The van der Waals surface area contributed by atoms with Gasteiger partial charge in [0.1, 0.15) is 5.82 Å². The van der Waals surface area contributed by atoms with Gasteiger partial charge in [0.2, 0.25) is 0 Å². The SMILES string of the molecule is CCCn1c(CN(CC(C)C)C(=O)c2cccc(C)c2)nc2ccccc21. The number of imidazole rings is 1. The number of hydrogen-bond acceptors (Lipinski definition) is 2. The van der Waals surface area contributed by atoms with E-state index in [-0.39, 0.29) is 5.91 Å². The molecule has 4 heteroatoms. The Morgan fingerprint density at radius 2 is 1.93 bits per heavy atom. The van der Waals surface area contributed by atoms with Gasteiger partial charge in [0, 0.05) is 18.7 Å². The Hall–Kier alpha value is -2.62. The van der Waals surface area contributed by atoms with Gasteiger partial charge in [0.15, 0.2) is 0 Å². The predicted octanol–water partition coefficient (Wildman–Crippen LogP) is 5.05. The first kappa shape index (κ1) is 19.2. The molecule has 1 heterocycles. The number of fused-ring (bicyclic) bond motifs is 1. The standard InChI is InChI=1S/C23H29N3O/c1-5-13-26-21-12-7-6-11-20(21)24-22(26)16-25(15-17(2)3)23(27)19-10-8-9-18(4)14-19/h6-12,14,17H,5,13,15-16H2,1-4H3. The first-order chi connectivity index (χ1) is 13.0. The van der Waals surface area contributed by atoms with Crippen molar-refractivity contribution in [2.75, 3.05) is 6.54 Å². The third-order valence-electron chi connectivity index (χ3n) is 4.65. The van der Waals surface area contributed by atoms with Crippen LogP contribution >= 0.6 is 0 Å². The van der Waals surface area contributed by atoms with Crippen molar-refractivity contribution in [3.8, 4) is 0 Å². The van der Waals surface area contributed by atoms with E-state index in [0.29, 0.717) is 19.0 Å². The molecule has 0 bridgehead atoms. The highest BCUT2D eigenvalue weighted by Gasteiger charge is 2.21. The molecule has 2 aromatic carbocycles. The number of nitrogens with zero attached hydrogens (tertiary/aromatic N) is 3. The van der Waals surface area contributed by atoms with E-state index in [4.69, 9.17) is 4.98 Å². The van der Waals surface area contributed by atoms with Crippen molar-refractivity contribution in [2.24, 2.45) is 5.92 Å².